The second-order valence-corrected chi connectivity index (χ2v) is 7.65. The summed E-state index contributed by atoms with van der Waals surface area (Å²) in [4.78, 5) is 7.09. The highest BCUT2D eigenvalue weighted by Crippen LogP contribution is 2.44. The second-order valence-electron chi connectivity index (χ2n) is 5.54. The number of aromatic nitrogens is 1. The predicted octanol–water partition coefficient (Wildman–Crippen LogP) is 5.37. The highest BCUT2D eigenvalue weighted by molar-refractivity contribution is 8.03. The molecule has 1 N–H and O–H groups in total. The van der Waals surface area contributed by atoms with E-state index in [0.29, 0.717) is 0 Å². The van der Waals surface area contributed by atoms with Crippen molar-refractivity contribution in [3.8, 4) is 10.4 Å². The van der Waals surface area contributed by atoms with Gasteiger partial charge in [0.15, 0.2) is 0 Å². The predicted molar refractivity (Wildman–Crippen MR) is 94.2 cm³/mol. The van der Waals surface area contributed by atoms with Crippen molar-refractivity contribution in [3.05, 3.63) is 69.6 Å². The first kappa shape index (κ1) is 13.3. The van der Waals surface area contributed by atoms with E-state index < -0.39 is 0 Å². The highest BCUT2D eigenvalue weighted by atomic mass is 32.2. The number of benzene rings is 2. The Hall–Kier alpha value is -2.11. The summed E-state index contributed by atoms with van der Waals surface area (Å²) in [6, 6.07) is 13.3. The number of thioether (sulfide) groups is 1. The van der Waals surface area contributed by atoms with Gasteiger partial charge in [0, 0.05) is 17.4 Å². The Morgan fingerprint density at radius 2 is 2.09 bits per heavy atom. The second kappa shape index (κ2) is 4.94. The molecule has 0 atom stereocenters. The van der Waals surface area contributed by atoms with Gasteiger partial charge in [0.1, 0.15) is 10.8 Å². The number of halogens is 1. The Bertz CT molecular complexity index is 975. The van der Waals surface area contributed by atoms with Gasteiger partial charge in [-0.1, -0.05) is 36.0 Å². The number of hydrogen-bond donors (Lipinski definition) is 1. The normalized spacial score (nSPS) is 16.1. The molecule has 0 amide bonds. The number of hydrogen-bond acceptors (Lipinski definition) is 4. The highest BCUT2D eigenvalue weighted by Gasteiger charge is 2.23. The molecule has 2 heterocycles. The molecule has 112 valence electrons. The minimum absolute atomic E-state index is 0.220. The molecule has 0 fully saturated rings. The lowest BCUT2D eigenvalue weighted by molar-refractivity contribution is 0.627. The molecule has 5 rings (SSSR count). The Balaban J connectivity index is 1.48. The van der Waals surface area contributed by atoms with Crippen molar-refractivity contribution in [3.63, 3.8) is 0 Å². The van der Waals surface area contributed by atoms with Crippen molar-refractivity contribution in [1.82, 2.24) is 4.98 Å². The molecule has 2 aliphatic rings. The van der Waals surface area contributed by atoms with Gasteiger partial charge in [0.25, 0.3) is 0 Å². The summed E-state index contributed by atoms with van der Waals surface area (Å²) in [6.45, 7) is 0. The third-order valence-corrected chi connectivity index (χ3v) is 6.10. The third-order valence-electron chi connectivity index (χ3n) is 4.01. The van der Waals surface area contributed by atoms with Gasteiger partial charge in [-0.3, -0.25) is 0 Å². The van der Waals surface area contributed by atoms with Gasteiger partial charge >= 0.3 is 0 Å². The molecule has 0 saturated carbocycles. The zero-order chi connectivity index (χ0) is 15.4. The summed E-state index contributed by atoms with van der Waals surface area (Å²) in [6.07, 6.45) is 2.96. The van der Waals surface area contributed by atoms with Gasteiger partial charge in [0.05, 0.1) is 21.3 Å². The van der Waals surface area contributed by atoms with E-state index in [1.54, 1.807) is 29.2 Å². The summed E-state index contributed by atoms with van der Waals surface area (Å²) in [5.74, 6) is -0.220. The van der Waals surface area contributed by atoms with Crippen LogP contribution in [0.5, 0.6) is 0 Å². The van der Waals surface area contributed by atoms with Crippen LogP contribution in [0.1, 0.15) is 16.3 Å². The molecule has 2 aromatic carbocycles. The van der Waals surface area contributed by atoms with Crippen LogP contribution >= 0.6 is 23.1 Å². The molecular weight excluding hydrogens is 327 g/mol. The number of anilines is 1. The van der Waals surface area contributed by atoms with Gasteiger partial charge in [0.2, 0.25) is 0 Å². The van der Waals surface area contributed by atoms with Crippen LogP contribution in [0.15, 0.2) is 52.4 Å². The summed E-state index contributed by atoms with van der Waals surface area (Å²) >= 11 is 3.33. The van der Waals surface area contributed by atoms with Gasteiger partial charge in [-0.15, -0.1) is 11.3 Å². The summed E-state index contributed by atoms with van der Waals surface area (Å²) in [7, 11) is 0. The summed E-state index contributed by atoms with van der Waals surface area (Å²) in [5.41, 5.74) is 4.66. The number of fused-ring (bicyclic) bond motifs is 4. The Morgan fingerprint density at radius 1 is 1.17 bits per heavy atom. The topological polar surface area (TPSA) is 24.9 Å². The smallest absolute Gasteiger partial charge is 0.125 e. The molecule has 23 heavy (non-hydrogen) atoms. The van der Waals surface area contributed by atoms with E-state index >= 15 is 0 Å². The fraction of sp³-hybridized carbons (Fsp3) is 0.0556. The van der Waals surface area contributed by atoms with Crippen molar-refractivity contribution in [1.29, 1.82) is 0 Å². The molecule has 0 unspecified atom stereocenters. The zero-order valence-corrected chi connectivity index (χ0v) is 13.6. The van der Waals surface area contributed by atoms with Crippen molar-refractivity contribution < 1.29 is 4.39 Å². The van der Waals surface area contributed by atoms with E-state index in [0.717, 1.165) is 32.7 Å². The molecule has 1 aliphatic carbocycles. The Kier molecular flexibility index (Phi) is 2.87. The van der Waals surface area contributed by atoms with Crippen LogP contribution in [-0.2, 0) is 6.42 Å². The Morgan fingerprint density at radius 3 is 3.04 bits per heavy atom. The Labute approximate surface area is 141 Å². The van der Waals surface area contributed by atoms with Gasteiger partial charge in [-0.05, 0) is 29.3 Å². The number of thiazole rings is 1. The van der Waals surface area contributed by atoms with Gasteiger partial charge in [-0.25, -0.2) is 9.37 Å². The van der Waals surface area contributed by atoms with Crippen molar-refractivity contribution in [2.24, 2.45) is 0 Å². The lowest BCUT2D eigenvalue weighted by Gasteiger charge is -1.98. The first-order valence-corrected chi connectivity index (χ1v) is 8.94. The van der Waals surface area contributed by atoms with Crippen LogP contribution in [0, 0.1) is 5.82 Å². The van der Waals surface area contributed by atoms with Crippen LogP contribution in [-0.4, -0.2) is 4.98 Å². The number of nitrogens with one attached hydrogen (secondary N) is 1. The maximum Gasteiger partial charge on any atom is 0.125 e. The average molecular weight is 338 g/mol. The summed E-state index contributed by atoms with van der Waals surface area (Å²) in [5, 5.41) is 5.24. The maximum atomic E-state index is 13.3. The van der Waals surface area contributed by atoms with Gasteiger partial charge in [-0.2, -0.15) is 0 Å². The zero-order valence-electron chi connectivity index (χ0n) is 12.0. The first-order chi connectivity index (χ1) is 11.3. The maximum absolute atomic E-state index is 13.3. The number of nitrogens with zero attached hydrogens (tertiary/aromatic N) is 1. The van der Waals surface area contributed by atoms with Crippen LogP contribution in [0.4, 0.5) is 10.1 Å². The van der Waals surface area contributed by atoms with Gasteiger partial charge < -0.3 is 5.32 Å². The largest absolute Gasteiger partial charge is 0.349 e. The van der Waals surface area contributed by atoms with Crippen molar-refractivity contribution >= 4 is 34.9 Å². The van der Waals surface area contributed by atoms with E-state index in [1.807, 2.05) is 6.08 Å². The SMILES string of the molecule is Fc1ccc2c(c1)N/C(=C/c1nc3c(s1)-c1ccccc1C3)S2. The standard InChI is InChI=1S/C18H11FN2S2/c19-11-5-6-15-13(8-11)20-16(22-15)9-17-21-14-7-10-3-1-2-4-12(10)18(14)23-17/h1-6,8-9,20H,7H2/b16-9-. The molecular formula is C18H11FN2S2. The van der Waals surface area contributed by atoms with E-state index in [4.69, 9.17) is 4.98 Å². The lowest BCUT2D eigenvalue weighted by Crippen LogP contribution is -1.89. The minimum Gasteiger partial charge on any atom is -0.349 e. The van der Waals surface area contributed by atoms with Crippen molar-refractivity contribution in [2.75, 3.05) is 5.32 Å². The summed E-state index contributed by atoms with van der Waals surface area (Å²) < 4.78 is 13.3. The molecule has 5 heteroatoms. The monoisotopic (exact) mass is 338 g/mol. The molecule has 0 saturated heterocycles. The molecule has 0 bridgehead atoms. The number of rotatable bonds is 1. The molecule has 0 radical (unpaired) electrons. The van der Waals surface area contributed by atoms with E-state index in [2.05, 4.69) is 29.6 Å². The molecule has 1 aromatic heterocycles. The van der Waals surface area contributed by atoms with Crippen LogP contribution in [0.25, 0.3) is 16.5 Å². The molecule has 3 aromatic rings. The minimum atomic E-state index is -0.220. The fourth-order valence-corrected chi connectivity index (χ4v) is 5.07. The van der Waals surface area contributed by atoms with E-state index in [9.17, 15) is 4.39 Å². The van der Waals surface area contributed by atoms with Crippen LogP contribution in [0.3, 0.4) is 0 Å². The quantitative estimate of drug-likeness (QED) is 0.505. The third kappa shape index (κ3) is 2.19. The lowest BCUT2D eigenvalue weighted by atomic mass is 10.1. The van der Waals surface area contributed by atoms with Crippen LogP contribution < -0.4 is 5.32 Å². The first-order valence-electron chi connectivity index (χ1n) is 7.30. The average Bonchev–Trinajstić information content (AvgIpc) is 3.19. The fourth-order valence-electron chi connectivity index (χ4n) is 2.98. The molecule has 0 spiro atoms. The van der Waals surface area contributed by atoms with E-state index in [1.165, 1.54) is 28.1 Å². The molecule has 2 nitrogen and oxygen atoms in total. The molecule has 1 aliphatic heterocycles. The van der Waals surface area contributed by atoms with E-state index in [-0.39, 0.29) is 5.82 Å². The van der Waals surface area contributed by atoms with Crippen molar-refractivity contribution in [2.45, 2.75) is 11.3 Å². The van der Waals surface area contributed by atoms with Crippen LogP contribution in [0.2, 0.25) is 0 Å².